The number of aliphatic hydroxyl groups is 1. The number of rotatable bonds is 3. The van der Waals surface area contributed by atoms with Crippen LogP contribution in [0.4, 0.5) is 0 Å². The molecule has 0 aliphatic rings. The topological polar surface area (TPSA) is 75.1 Å². The van der Waals surface area contributed by atoms with Gasteiger partial charge in [-0.25, -0.2) is 9.97 Å². The summed E-state index contributed by atoms with van der Waals surface area (Å²) < 4.78 is 0. The van der Waals surface area contributed by atoms with Gasteiger partial charge in [-0.2, -0.15) is 0 Å². The quantitative estimate of drug-likeness (QED) is 0.659. The Kier molecular flexibility index (Phi) is 3.33. The third-order valence-corrected chi connectivity index (χ3v) is 1.38. The number of carbonyl (C=O) groups excluding carboxylic acids is 1. The first kappa shape index (κ1) is 9.60. The predicted octanol–water partition coefficient (Wildman–Crippen LogP) is -0.493. The van der Waals surface area contributed by atoms with Crippen LogP contribution < -0.4 is 5.32 Å². The molecule has 0 spiro atoms. The number of amides is 1. The zero-order valence-corrected chi connectivity index (χ0v) is 7.32. The Hall–Kier alpha value is -1.49. The van der Waals surface area contributed by atoms with Gasteiger partial charge in [-0.15, -0.1) is 0 Å². The zero-order valence-electron chi connectivity index (χ0n) is 7.32. The Balaban J connectivity index is 2.61. The van der Waals surface area contributed by atoms with Crippen LogP contribution in [0, 0.1) is 6.92 Å². The van der Waals surface area contributed by atoms with Gasteiger partial charge in [-0.3, -0.25) is 4.79 Å². The number of hydrogen-bond donors (Lipinski definition) is 2. The minimum absolute atomic E-state index is 0.0857. The van der Waals surface area contributed by atoms with Crippen molar-refractivity contribution < 1.29 is 9.90 Å². The molecule has 0 bridgehead atoms. The van der Waals surface area contributed by atoms with Crippen molar-refractivity contribution in [3.8, 4) is 0 Å². The molecule has 1 aromatic heterocycles. The molecular weight excluding hydrogens is 170 g/mol. The Morgan fingerprint density at radius 2 is 2.15 bits per heavy atom. The van der Waals surface area contributed by atoms with E-state index in [4.69, 9.17) is 5.11 Å². The molecule has 5 nitrogen and oxygen atoms in total. The summed E-state index contributed by atoms with van der Waals surface area (Å²) in [5, 5.41) is 10.9. The van der Waals surface area contributed by atoms with Crippen molar-refractivity contribution in [1.82, 2.24) is 15.3 Å². The van der Waals surface area contributed by atoms with Gasteiger partial charge in [0, 0.05) is 18.9 Å². The molecule has 0 aliphatic carbocycles. The molecule has 0 atom stereocenters. The van der Waals surface area contributed by atoms with E-state index in [-0.39, 0.29) is 24.9 Å². The Bertz CT molecular complexity index is 284. The van der Waals surface area contributed by atoms with E-state index in [0.717, 1.165) is 5.56 Å². The number of hydrogen-bond acceptors (Lipinski definition) is 4. The summed E-state index contributed by atoms with van der Waals surface area (Å²) in [6.07, 6.45) is 3.14. The van der Waals surface area contributed by atoms with Crippen molar-refractivity contribution in [1.29, 1.82) is 0 Å². The van der Waals surface area contributed by atoms with Crippen LogP contribution in [-0.4, -0.2) is 34.1 Å². The molecule has 5 heteroatoms. The lowest BCUT2D eigenvalue weighted by atomic mass is 10.4. The van der Waals surface area contributed by atoms with E-state index >= 15 is 0 Å². The molecule has 0 aromatic carbocycles. The molecule has 13 heavy (non-hydrogen) atoms. The second-order valence-corrected chi connectivity index (χ2v) is 2.56. The van der Waals surface area contributed by atoms with Gasteiger partial charge in [0.15, 0.2) is 0 Å². The van der Waals surface area contributed by atoms with Crippen molar-refractivity contribution in [2.75, 3.05) is 13.2 Å². The third-order valence-electron chi connectivity index (χ3n) is 1.38. The van der Waals surface area contributed by atoms with Crippen molar-refractivity contribution in [3.05, 3.63) is 23.8 Å². The first-order valence-electron chi connectivity index (χ1n) is 3.91. The summed E-state index contributed by atoms with van der Waals surface area (Å²) in [6.45, 7) is 1.98. The monoisotopic (exact) mass is 181 g/mol. The Labute approximate surface area is 75.8 Å². The summed E-state index contributed by atoms with van der Waals surface area (Å²) >= 11 is 0. The SMILES string of the molecule is Cc1cnc(C(=O)NCCO)nc1. The molecular formula is C8H11N3O2. The van der Waals surface area contributed by atoms with E-state index in [2.05, 4.69) is 15.3 Å². The summed E-state index contributed by atoms with van der Waals surface area (Å²) in [6, 6.07) is 0. The van der Waals surface area contributed by atoms with Gasteiger partial charge in [0.25, 0.3) is 5.91 Å². The maximum Gasteiger partial charge on any atom is 0.289 e. The second kappa shape index (κ2) is 4.51. The number of aliphatic hydroxyl groups excluding tert-OH is 1. The zero-order chi connectivity index (χ0) is 9.68. The molecule has 0 aliphatic heterocycles. The molecule has 0 saturated carbocycles. The fraction of sp³-hybridized carbons (Fsp3) is 0.375. The van der Waals surface area contributed by atoms with Gasteiger partial charge in [0.2, 0.25) is 5.82 Å². The lowest BCUT2D eigenvalue weighted by molar-refractivity contribution is 0.0934. The summed E-state index contributed by atoms with van der Waals surface area (Å²) in [5.41, 5.74) is 0.902. The molecule has 1 amide bonds. The van der Waals surface area contributed by atoms with Gasteiger partial charge < -0.3 is 10.4 Å². The normalized spacial score (nSPS) is 9.69. The van der Waals surface area contributed by atoms with Gasteiger partial charge in [-0.1, -0.05) is 0 Å². The molecule has 1 heterocycles. The smallest absolute Gasteiger partial charge is 0.289 e. The summed E-state index contributed by atoms with van der Waals surface area (Å²) in [5.74, 6) is -0.242. The minimum Gasteiger partial charge on any atom is -0.395 e. The van der Waals surface area contributed by atoms with Gasteiger partial charge in [-0.05, 0) is 12.5 Å². The average Bonchev–Trinajstić information content (AvgIpc) is 2.15. The largest absolute Gasteiger partial charge is 0.395 e. The van der Waals surface area contributed by atoms with Crippen LogP contribution >= 0.6 is 0 Å². The van der Waals surface area contributed by atoms with E-state index in [9.17, 15) is 4.79 Å². The Morgan fingerprint density at radius 3 is 2.69 bits per heavy atom. The van der Waals surface area contributed by atoms with Crippen molar-refractivity contribution in [2.24, 2.45) is 0 Å². The van der Waals surface area contributed by atoms with E-state index in [1.54, 1.807) is 12.4 Å². The van der Waals surface area contributed by atoms with Gasteiger partial charge in [0.05, 0.1) is 6.61 Å². The first-order valence-corrected chi connectivity index (χ1v) is 3.91. The molecule has 0 radical (unpaired) electrons. The number of aryl methyl sites for hydroxylation is 1. The summed E-state index contributed by atoms with van der Waals surface area (Å²) in [7, 11) is 0. The third kappa shape index (κ3) is 2.79. The highest BCUT2D eigenvalue weighted by atomic mass is 16.3. The minimum atomic E-state index is -0.367. The van der Waals surface area contributed by atoms with Crippen LogP contribution in [0.2, 0.25) is 0 Å². The fourth-order valence-electron chi connectivity index (χ4n) is 0.758. The van der Waals surface area contributed by atoms with Crippen LogP contribution in [0.5, 0.6) is 0 Å². The van der Waals surface area contributed by atoms with E-state index in [1.165, 1.54) is 0 Å². The van der Waals surface area contributed by atoms with Gasteiger partial charge >= 0.3 is 0 Å². The standard InChI is InChI=1S/C8H11N3O2/c1-6-4-10-7(11-5-6)8(13)9-2-3-12/h4-5,12H,2-3H2,1H3,(H,9,13). The summed E-state index contributed by atoms with van der Waals surface area (Å²) in [4.78, 5) is 18.8. The highest BCUT2D eigenvalue weighted by Gasteiger charge is 2.06. The van der Waals surface area contributed by atoms with E-state index < -0.39 is 0 Å². The number of aromatic nitrogens is 2. The van der Waals surface area contributed by atoms with Crippen molar-refractivity contribution in [2.45, 2.75) is 6.92 Å². The van der Waals surface area contributed by atoms with Gasteiger partial charge in [0.1, 0.15) is 0 Å². The van der Waals surface area contributed by atoms with Crippen molar-refractivity contribution >= 4 is 5.91 Å². The van der Waals surface area contributed by atoms with Crippen LogP contribution in [0.1, 0.15) is 16.2 Å². The Morgan fingerprint density at radius 1 is 1.54 bits per heavy atom. The molecule has 70 valence electrons. The van der Waals surface area contributed by atoms with Crippen molar-refractivity contribution in [3.63, 3.8) is 0 Å². The van der Waals surface area contributed by atoms with E-state index in [1.807, 2.05) is 6.92 Å². The van der Waals surface area contributed by atoms with Crippen LogP contribution in [0.25, 0.3) is 0 Å². The van der Waals surface area contributed by atoms with E-state index in [0.29, 0.717) is 0 Å². The number of nitrogens with one attached hydrogen (secondary N) is 1. The second-order valence-electron chi connectivity index (χ2n) is 2.56. The number of carbonyl (C=O) groups is 1. The maximum atomic E-state index is 11.2. The molecule has 1 aromatic rings. The molecule has 0 unspecified atom stereocenters. The molecule has 0 saturated heterocycles. The molecule has 2 N–H and O–H groups in total. The predicted molar refractivity (Wildman–Crippen MR) is 46.2 cm³/mol. The number of nitrogens with zero attached hydrogens (tertiary/aromatic N) is 2. The molecule has 1 rings (SSSR count). The van der Waals surface area contributed by atoms with Crippen LogP contribution in [0.3, 0.4) is 0 Å². The highest BCUT2D eigenvalue weighted by molar-refractivity contribution is 5.90. The van der Waals surface area contributed by atoms with Crippen LogP contribution in [0.15, 0.2) is 12.4 Å². The highest BCUT2D eigenvalue weighted by Crippen LogP contribution is 1.92. The lowest BCUT2D eigenvalue weighted by Gasteiger charge is -2.00. The van der Waals surface area contributed by atoms with Crippen LogP contribution in [-0.2, 0) is 0 Å². The lowest BCUT2D eigenvalue weighted by Crippen LogP contribution is -2.28. The average molecular weight is 181 g/mol. The molecule has 0 fully saturated rings. The maximum absolute atomic E-state index is 11.2. The first-order chi connectivity index (χ1) is 6.24. The fourth-order valence-corrected chi connectivity index (χ4v) is 0.758.